The van der Waals surface area contributed by atoms with Crippen LogP contribution in [0.25, 0.3) is 0 Å². The molecule has 2 aromatic rings. The Kier molecular flexibility index (Phi) is 4.80. The predicted octanol–water partition coefficient (Wildman–Crippen LogP) is 4.31. The van der Waals surface area contributed by atoms with Gasteiger partial charge in [-0.15, -0.1) is 0 Å². The largest absolute Gasteiger partial charge is 0.489 e. The maximum absolute atomic E-state index is 13.3. The highest BCUT2D eigenvalue weighted by Crippen LogP contribution is 2.26. The molecule has 21 heavy (non-hydrogen) atoms. The molecule has 0 heterocycles. The predicted molar refractivity (Wildman–Crippen MR) is 87.5 cm³/mol. The van der Waals surface area contributed by atoms with Gasteiger partial charge in [0.25, 0.3) is 0 Å². The van der Waals surface area contributed by atoms with E-state index in [0.29, 0.717) is 11.3 Å². The minimum absolute atomic E-state index is 0.150. The molecule has 2 aromatic carbocycles. The summed E-state index contributed by atoms with van der Waals surface area (Å²) in [6.07, 6.45) is 0. The van der Waals surface area contributed by atoms with E-state index in [2.05, 4.69) is 0 Å². The lowest BCUT2D eigenvalue weighted by Crippen LogP contribution is -2.14. The average molecular weight is 324 g/mol. The first-order valence-corrected chi connectivity index (χ1v) is 7.15. The van der Waals surface area contributed by atoms with Gasteiger partial charge in [-0.1, -0.05) is 29.9 Å². The van der Waals surface area contributed by atoms with Crippen LogP contribution in [0.15, 0.2) is 30.3 Å². The molecule has 0 aliphatic heterocycles. The Bertz CT molecular complexity index is 680. The first kappa shape index (κ1) is 15.7. The van der Waals surface area contributed by atoms with Gasteiger partial charge in [0.1, 0.15) is 23.2 Å². The lowest BCUT2D eigenvalue weighted by molar-refractivity contribution is 0.305. The molecule has 0 atom stereocenters. The third kappa shape index (κ3) is 3.71. The molecule has 0 aromatic heterocycles. The van der Waals surface area contributed by atoms with E-state index in [0.717, 1.165) is 21.7 Å². The summed E-state index contributed by atoms with van der Waals surface area (Å²) in [5.41, 5.74) is 8.74. The second-order valence-corrected chi connectivity index (χ2v) is 5.64. The minimum Gasteiger partial charge on any atom is -0.489 e. The quantitative estimate of drug-likeness (QED) is 0.852. The Balaban J connectivity index is 2.22. The van der Waals surface area contributed by atoms with Crippen molar-refractivity contribution in [1.29, 1.82) is 0 Å². The van der Waals surface area contributed by atoms with Gasteiger partial charge in [0.05, 0.1) is 0 Å². The Morgan fingerprint density at radius 1 is 1.24 bits per heavy atom. The Labute approximate surface area is 133 Å². The topological polar surface area (TPSA) is 35.2 Å². The van der Waals surface area contributed by atoms with Crippen molar-refractivity contribution in [3.05, 3.63) is 63.4 Å². The van der Waals surface area contributed by atoms with Crippen molar-refractivity contribution in [2.45, 2.75) is 20.5 Å². The minimum atomic E-state index is -0.375. The van der Waals surface area contributed by atoms with Gasteiger partial charge in [0, 0.05) is 10.6 Å². The fraction of sp³-hybridized carbons (Fsp3) is 0.188. The van der Waals surface area contributed by atoms with Gasteiger partial charge in [-0.2, -0.15) is 0 Å². The molecule has 0 saturated carbocycles. The fourth-order valence-corrected chi connectivity index (χ4v) is 2.35. The highest BCUT2D eigenvalue weighted by Gasteiger charge is 2.09. The molecule has 2 rings (SSSR count). The van der Waals surface area contributed by atoms with E-state index in [-0.39, 0.29) is 17.4 Å². The first-order valence-electron chi connectivity index (χ1n) is 6.36. The average Bonchev–Trinajstić information content (AvgIpc) is 2.43. The summed E-state index contributed by atoms with van der Waals surface area (Å²) in [5.74, 6) is 0.326. The molecule has 0 fully saturated rings. The van der Waals surface area contributed by atoms with Crippen molar-refractivity contribution in [1.82, 2.24) is 0 Å². The monoisotopic (exact) mass is 323 g/mol. The number of rotatable bonds is 4. The van der Waals surface area contributed by atoms with E-state index in [4.69, 9.17) is 34.3 Å². The van der Waals surface area contributed by atoms with Crippen molar-refractivity contribution in [3.63, 3.8) is 0 Å². The molecule has 0 radical (unpaired) electrons. The number of hydrogen-bond acceptors (Lipinski definition) is 2. The highest BCUT2D eigenvalue weighted by molar-refractivity contribution is 7.80. The summed E-state index contributed by atoms with van der Waals surface area (Å²) < 4.78 is 19.0. The SMILES string of the molecule is Cc1cc(OCc2ccc(F)cc2C(N)=S)cc(C)c1Cl. The summed E-state index contributed by atoms with van der Waals surface area (Å²) >= 11 is 11.1. The maximum atomic E-state index is 13.3. The molecule has 2 N–H and O–H groups in total. The van der Waals surface area contributed by atoms with E-state index < -0.39 is 0 Å². The van der Waals surface area contributed by atoms with Crippen molar-refractivity contribution < 1.29 is 9.13 Å². The number of nitrogens with two attached hydrogens (primary N) is 1. The number of ether oxygens (including phenoxy) is 1. The third-order valence-electron chi connectivity index (χ3n) is 3.14. The molecule has 0 amide bonds. The summed E-state index contributed by atoms with van der Waals surface area (Å²) in [5, 5.41) is 0.730. The molecule has 110 valence electrons. The molecule has 0 saturated heterocycles. The third-order valence-corrected chi connectivity index (χ3v) is 3.96. The second kappa shape index (κ2) is 6.41. The highest BCUT2D eigenvalue weighted by atomic mass is 35.5. The zero-order valence-electron chi connectivity index (χ0n) is 11.7. The van der Waals surface area contributed by atoms with Crippen LogP contribution in [-0.2, 0) is 6.61 Å². The van der Waals surface area contributed by atoms with Crippen LogP contribution in [0, 0.1) is 19.7 Å². The molecule has 0 spiro atoms. The fourth-order valence-electron chi connectivity index (χ4n) is 2.05. The van der Waals surface area contributed by atoms with Gasteiger partial charge >= 0.3 is 0 Å². The number of thiocarbonyl (C=S) groups is 1. The molecular formula is C16H15ClFNOS. The molecule has 5 heteroatoms. The van der Waals surface area contributed by atoms with E-state index in [1.54, 1.807) is 6.07 Å². The van der Waals surface area contributed by atoms with Gasteiger partial charge in [0.15, 0.2) is 0 Å². The van der Waals surface area contributed by atoms with Crippen molar-refractivity contribution >= 4 is 28.8 Å². The van der Waals surface area contributed by atoms with Crippen LogP contribution in [0.1, 0.15) is 22.3 Å². The lowest BCUT2D eigenvalue weighted by atomic mass is 10.1. The Morgan fingerprint density at radius 3 is 2.43 bits per heavy atom. The van der Waals surface area contributed by atoms with E-state index >= 15 is 0 Å². The van der Waals surface area contributed by atoms with Gasteiger partial charge in [-0.3, -0.25) is 0 Å². The zero-order valence-corrected chi connectivity index (χ0v) is 13.3. The van der Waals surface area contributed by atoms with Gasteiger partial charge in [-0.05, 0) is 54.8 Å². The van der Waals surface area contributed by atoms with Gasteiger partial charge in [-0.25, -0.2) is 4.39 Å². The van der Waals surface area contributed by atoms with E-state index in [9.17, 15) is 4.39 Å². The normalized spacial score (nSPS) is 10.5. The molecule has 0 aliphatic carbocycles. The Hall–Kier alpha value is -1.65. The molecule has 2 nitrogen and oxygen atoms in total. The van der Waals surface area contributed by atoms with Gasteiger partial charge < -0.3 is 10.5 Å². The van der Waals surface area contributed by atoms with Crippen molar-refractivity contribution in [2.24, 2.45) is 5.73 Å². The number of benzene rings is 2. The molecule has 0 aliphatic rings. The summed E-state index contributed by atoms with van der Waals surface area (Å²) in [6.45, 7) is 4.09. The van der Waals surface area contributed by atoms with E-state index in [1.165, 1.54) is 12.1 Å². The van der Waals surface area contributed by atoms with Crippen molar-refractivity contribution in [2.75, 3.05) is 0 Å². The molecule has 0 bridgehead atoms. The second-order valence-electron chi connectivity index (χ2n) is 4.83. The smallest absolute Gasteiger partial charge is 0.123 e. The van der Waals surface area contributed by atoms with Gasteiger partial charge in [0.2, 0.25) is 0 Å². The number of halogens is 2. The zero-order chi connectivity index (χ0) is 15.6. The van der Waals surface area contributed by atoms with Crippen LogP contribution >= 0.6 is 23.8 Å². The lowest BCUT2D eigenvalue weighted by Gasteiger charge is -2.12. The number of aryl methyl sites for hydroxylation is 2. The summed E-state index contributed by atoms with van der Waals surface area (Å²) in [4.78, 5) is 0.150. The van der Waals surface area contributed by atoms with Crippen LogP contribution in [-0.4, -0.2) is 4.99 Å². The summed E-state index contributed by atoms with van der Waals surface area (Å²) in [7, 11) is 0. The van der Waals surface area contributed by atoms with Crippen LogP contribution in [0.3, 0.4) is 0 Å². The summed E-state index contributed by atoms with van der Waals surface area (Å²) in [6, 6.07) is 8.02. The number of hydrogen-bond donors (Lipinski definition) is 1. The van der Waals surface area contributed by atoms with Crippen molar-refractivity contribution in [3.8, 4) is 5.75 Å². The molecule has 0 unspecified atom stereocenters. The maximum Gasteiger partial charge on any atom is 0.123 e. The van der Waals surface area contributed by atoms with E-state index in [1.807, 2.05) is 26.0 Å². The van der Waals surface area contributed by atoms with Crippen LogP contribution < -0.4 is 10.5 Å². The Morgan fingerprint density at radius 2 is 1.86 bits per heavy atom. The van der Waals surface area contributed by atoms with Crippen LogP contribution in [0.5, 0.6) is 5.75 Å². The van der Waals surface area contributed by atoms with Crippen LogP contribution in [0.2, 0.25) is 5.02 Å². The first-order chi connectivity index (χ1) is 9.88. The molecular weight excluding hydrogens is 309 g/mol. The standard InChI is InChI=1S/C16H15ClFNOS/c1-9-5-13(6-10(2)15(9)17)20-8-11-3-4-12(18)7-14(11)16(19)21/h3-7H,8H2,1-2H3,(H2,19,21). The van der Waals surface area contributed by atoms with Crippen LogP contribution in [0.4, 0.5) is 4.39 Å².